The number of nitrogens with two attached hydrogens (primary N) is 1. The third-order valence-electron chi connectivity index (χ3n) is 2.79. The first-order valence-electron chi connectivity index (χ1n) is 5.99. The van der Waals surface area contributed by atoms with E-state index < -0.39 is 0 Å². The summed E-state index contributed by atoms with van der Waals surface area (Å²) in [5.74, 6) is 0.869. The Balaban J connectivity index is 2.12. The van der Waals surface area contributed by atoms with Crippen molar-refractivity contribution in [1.82, 2.24) is 0 Å². The smallest absolute Gasteiger partial charge is 0.118 e. The first kappa shape index (κ1) is 14.4. The summed E-state index contributed by atoms with van der Waals surface area (Å²) in [6, 6.07) is 16.4. The van der Waals surface area contributed by atoms with Crippen molar-refractivity contribution in [3.8, 4) is 5.75 Å². The molecule has 0 heterocycles. The molecule has 19 heavy (non-hydrogen) atoms. The first-order valence-corrected chi connectivity index (χ1v) is 7.66. The number of methoxy groups -OCH3 is 1. The molecule has 2 rings (SSSR count). The van der Waals surface area contributed by atoms with E-state index >= 15 is 0 Å². The van der Waals surface area contributed by atoms with Crippen molar-refractivity contribution < 1.29 is 4.74 Å². The van der Waals surface area contributed by atoms with E-state index in [2.05, 4.69) is 40.2 Å². The van der Waals surface area contributed by atoms with Crippen LogP contribution in [0.25, 0.3) is 0 Å². The van der Waals surface area contributed by atoms with Crippen LogP contribution in [-0.4, -0.2) is 13.7 Å². The number of rotatable bonds is 5. The summed E-state index contributed by atoms with van der Waals surface area (Å²) < 4.78 is 6.26. The Bertz CT molecular complexity index is 513. The van der Waals surface area contributed by atoms with Crippen LogP contribution in [-0.2, 0) is 0 Å². The molecule has 0 bridgehead atoms. The molecule has 0 radical (unpaired) electrons. The Hall–Kier alpha value is -0.970. The Morgan fingerprint density at radius 3 is 2.26 bits per heavy atom. The van der Waals surface area contributed by atoms with E-state index in [1.165, 1.54) is 10.5 Å². The standard InChI is InChI=1S/C15H16BrNOS/c1-18-13-6-2-11(3-7-13)15(10-17)19-14-8-4-12(16)5-9-14/h2-9,15H,10,17H2,1H3. The number of benzene rings is 2. The summed E-state index contributed by atoms with van der Waals surface area (Å²) >= 11 is 5.22. The second kappa shape index (κ2) is 6.98. The fourth-order valence-electron chi connectivity index (χ4n) is 1.75. The van der Waals surface area contributed by atoms with Gasteiger partial charge in [-0.25, -0.2) is 0 Å². The quantitative estimate of drug-likeness (QED) is 0.828. The number of hydrogen-bond acceptors (Lipinski definition) is 3. The summed E-state index contributed by atoms with van der Waals surface area (Å²) in [5, 5.41) is 0.257. The maximum atomic E-state index is 5.89. The fourth-order valence-corrected chi connectivity index (χ4v) is 3.02. The van der Waals surface area contributed by atoms with Crippen LogP contribution < -0.4 is 10.5 Å². The number of thioether (sulfide) groups is 1. The van der Waals surface area contributed by atoms with E-state index in [1.54, 1.807) is 18.9 Å². The number of ether oxygens (including phenoxy) is 1. The zero-order valence-corrected chi connectivity index (χ0v) is 13.1. The maximum Gasteiger partial charge on any atom is 0.118 e. The Morgan fingerprint density at radius 2 is 1.74 bits per heavy atom. The van der Waals surface area contributed by atoms with Gasteiger partial charge in [0, 0.05) is 21.2 Å². The van der Waals surface area contributed by atoms with E-state index in [1.807, 2.05) is 24.3 Å². The average Bonchev–Trinajstić information content (AvgIpc) is 2.47. The molecule has 100 valence electrons. The van der Waals surface area contributed by atoms with Gasteiger partial charge in [0.15, 0.2) is 0 Å². The van der Waals surface area contributed by atoms with Crippen molar-refractivity contribution >= 4 is 27.7 Å². The molecular formula is C15H16BrNOS. The third-order valence-corrected chi connectivity index (χ3v) is 4.62. The molecule has 2 N–H and O–H groups in total. The van der Waals surface area contributed by atoms with E-state index in [4.69, 9.17) is 10.5 Å². The molecule has 0 spiro atoms. The molecule has 0 saturated heterocycles. The summed E-state index contributed by atoms with van der Waals surface area (Å²) in [7, 11) is 1.67. The van der Waals surface area contributed by atoms with Gasteiger partial charge in [-0.3, -0.25) is 0 Å². The van der Waals surface area contributed by atoms with Crippen LogP contribution in [0.2, 0.25) is 0 Å². The van der Waals surface area contributed by atoms with Gasteiger partial charge in [0.1, 0.15) is 5.75 Å². The maximum absolute atomic E-state index is 5.89. The molecule has 0 aliphatic heterocycles. The topological polar surface area (TPSA) is 35.2 Å². The van der Waals surface area contributed by atoms with Crippen molar-refractivity contribution in [3.63, 3.8) is 0 Å². The molecule has 0 aromatic heterocycles. The normalized spacial score (nSPS) is 12.2. The lowest BCUT2D eigenvalue weighted by molar-refractivity contribution is 0.414. The minimum Gasteiger partial charge on any atom is -0.497 e. The van der Waals surface area contributed by atoms with E-state index in [9.17, 15) is 0 Å². The summed E-state index contributed by atoms with van der Waals surface area (Å²) in [6.07, 6.45) is 0. The number of hydrogen-bond donors (Lipinski definition) is 1. The van der Waals surface area contributed by atoms with Crippen molar-refractivity contribution in [2.75, 3.05) is 13.7 Å². The molecule has 2 aromatic carbocycles. The van der Waals surface area contributed by atoms with E-state index in [0.717, 1.165) is 10.2 Å². The van der Waals surface area contributed by atoms with Gasteiger partial charge in [0.05, 0.1) is 7.11 Å². The van der Waals surface area contributed by atoms with Crippen LogP contribution in [0.15, 0.2) is 57.9 Å². The molecule has 0 fully saturated rings. The molecule has 1 unspecified atom stereocenters. The van der Waals surface area contributed by atoms with Crippen molar-refractivity contribution in [2.24, 2.45) is 5.73 Å². The molecular weight excluding hydrogens is 322 g/mol. The lowest BCUT2D eigenvalue weighted by Gasteiger charge is -2.15. The minimum atomic E-state index is 0.257. The van der Waals surface area contributed by atoms with Crippen molar-refractivity contribution in [3.05, 3.63) is 58.6 Å². The summed E-state index contributed by atoms with van der Waals surface area (Å²) in [6.45, 7) is 0.604. The Labute approximate surface area is 126 Å². The van der Waals surface area contributed by atoms with E-state index in [-0.39, 0.29) is 5.25 Å². The third kappa shape index (κ3) is 4.00. The van der Waals surface area contributed by atoms with Crippen LogP contribution in [0.1, 0.15) is 10.8 Å². The largest absolute Gasteiger partial charge is 0.497 e. The average molecular weight is 338 g/mol. The van der Waals surface area contributed by atoms with Crippen molar-refractivity contribution in [1.29, 1.82) is 0 Å². The lowest BCUT2D eigenvalue weighted by atomic mass is 10.1. The second-order valence-corrected chi connectivity index (χ2v) is 6.26. The van der Waals surface area contributed by atoms with Crippen molar-refractivity contribution in [2.45, 2.75) is 10.1 Å². The highest BCUT2D eigenvalue weighted by molar-refractivity contribution is 9.10. The zero-order valence-electron chi connectivity index (χ0n) is 10.7. The monoisotopic (exact) mass is 337 g/mol. The predicted octanol–water partition coefficient (Wildman–Crippen LogP) is 4.25. The molecule has 4 heteroatoms. The van der Waals surface area contributed by atoms with E-state index in [0.29, 0.717) is 6.54 Å². The highest BCUT2D eigenvalue weighted by Gasteiger charge is 2.11. The second-order valence-electron chi connectivity index (χ2n) is 4.07. The van der Waals surface area contributed by atoms with Crippen LogP contribution in [0.5, 0.6) is 5.75 Å². The highest BCUT2D eigenvalue weighted by atomic mass is 79.9. The van der Waals surface area contributed by atoms with Crippen LogP contribution >= 0.6 is 27.7 Å². The molecule has 0 aliphatic rings. The summed E-state index contributed by atoms with van der Waals surface area (Å²) in [4.78, 5) is 1.22. The minimum absolute atomic E-state index is 0.257. The molecule has 2 aromatic rings. The van der Waals surface area contributed by atoms with Gasteiger partial charge < -0.3 is 10.5 Å². The van der Waals surface area contributed by atoms with Crippen LogP contribution in [0, 0.1) is 0 Å². The van der Waals surface area contributed by atoms with Gasteiger partial charge >= 0.3 is 0 Å². The Morgan fingerprint density at radius 1 is 1.11 bits per heavy atom. The van der Waals surface area contributed by atoms with Gasteiger partial charge in [0.25, 0.3) is 0 Å². The summed E-state index contributed by atoms with van der Waals surface area (Å²) in [5.41, 5.74) is 7.11. The molecule has 0 saturated carbocycles. The van der Waals surface area contributed by atoms with Gasteiger partial charge in [-0.2, -0.15) is 0 Å². The Kier molecular flexibility index (Phi) is 5.31. The van der Waals surface area contributed by atoms with Gasteiger partial charge in [0.2, 0.25) is 0 Å². The predicted molar refractivity (Wildman–Crippen MR) is 84.8 cm³/mol. The SMILES string of the molecule is COc1ccc(C(CN)Sc2ccc(Br)cc2)cc1. The lowest BCUT2D eigenvalue weighted by Crippen LogP contribution is -2.09. The highest BCUT2D eigenvalue weighted by Crippen LogP contribution is 2.35. The molecule has 0 aliphatic carbocycles. The first-order chi connectivity index (χ1) is 9.22. The molecule has 0 amide bonds. The van der Waals surface area contributed by atoms with Crippen LogP contribution in [0.3, 0.4) is 0 Å². The van der Waals surface area contributed by atoms with Crippen LogP contribution in [0.4, 0.5) is 0 Å². The fraction of sp³-hybridized carbons (Fsp3) is 0.200. The zero-order chi connectivity index (χ0) is 13.7. The van der Waals surface area contributed by atoms with Gasteiger partial charge in [-0.1, -0.05) is 28.1 Å². The molecule has 2 nitrogen and oxygen atoms in total. The number of halogens is 1. The van der Waals surface area contributed by atoms with Gasteiger partial charge in [-0.15, -0.1) is 11.8 Å². The molecule has 1 atom stereocenters. The van der Waals surface area contributed by atoms with Gasteiger partial charge in [-0.05, 0) is 42.0 Å².